The van der Waals surface area contributed by atoms with Gasteiger partial charge in [-0.25, -0.2) is 0 Å². The van der Waals surface area contributed by atoms with Gasteiger partial charge in [-0.05, 0) is 5.56 Å². The summed E-state index contributed by atoms with van der Waals surface area (Å²) in [6.07, 6.45) is 0. The van der Waals surface area contributed by atoms with Crippen molar-refractivity contribution >= 4 is 6.47 Å². The first kappa shape index (κ1) is 10.7. The number of benzene rings is 1. The fourth-order valence-electron chi connectivity index (χ4n) is 1.16. The number of hydrogen-bond donors (Lipinski definition) is 1. The molecule has 0 atom stereocenters. The summed E-state index contributed by atoms with van der Waals surface area (Å²) in [5, 5.41) is 1.53. The molecule has 0 aliphatic rings. The predicted molar refractivity (Wildman–Crippen MR) is 53.1 cm³/mol. The van der Waals surface area contributed by atoms with Crippen molar-refractivity contribution in [1.29, 1.82) is 0 Å². The molecule has 0 saturated heterocycles. The van der Waals surface area contributed by atoms with Crippen LogP contribution in [0.4, 0.5) is 0 Å². The van der Waals surface area contributed by atoms with Crippen LogP contribution >= 0.6 is 0 Å². The summed E-state index contributed by atoms with van der Waals surface area (Å²) in [4.78, 5) is 14.9. The van der Waals surface area contributed by atoms with E-state index in [1.807, 2.05) is 30.3 Å². The van der Waals surface area contributed by atoms with Gasteiger partial charge in [0.1, 0.15) is 0 Å². The highest BCUT2D eigenvalue weighted by Crippen LogP contribution is 2.03. The summed E-state index contributed by atoms with van der Waals surface area (Å²) in [7, 11) is 0. The fraction of sp³-hybridized carbons (Fsp3) is 0.300. The lowest BCUT2D eigenvalue weighted by Crippen LogP contribution is -2.28. The molecule has 0 spiro atoms. The summed E-state index contributed by atoms with van der Waals surface area (Å²) in [5.41, 5.74) is 6.46. The molecule has 14 heavy (non-hydrogen) atoms. The largest absolute Gasteiger partial charge is 0.370 e. The Morgan fingerprint density at radius 1 is 1.36 bits per heavy atom. The summed E-state index contributed by atoms with van der Waals surface area (Å²) < 4.78 is 0. The van der Waals surface area contributed by atoms with Crippen molar-refractivity contribution in [2.75, 3.05) is 13.1 Å². The standard InChI is InChI=1S/C10H14N2O2/c11-6-7-12(14-9-13)8-10-4-2-1-3-5-10/h1-5,9H,6-8,11H2. The Hall–Kier alpha value is -1.39. The topological polar surface area (TPSA) is 55.6 Å². The Balaban J connectivity index is 2.50. The van der Waals surface area contributed by atoms with Crippen LogP contribution in [0.2, 0.25) is 0 Å². The zero-order valence-electron chi connectivity index (χ0n) is 7.93. The number of hydroxylamine groups is 2. The van der Waals surface area contributed by atoms with Gasteiger partial charge in [0.15, 0.2) is 0 Å². The molecule has 0 heterocycles. The van der Waals surface area contributed by atoms with Crippen LogP contribution < -0.4 is 5.73 Å². The van der Waals surface area contributed by atoms with Crippen molar-refractivity contribution in [3.63, 3.8) is 0 Å². The Morgan fingerprint density at radius 2 is 2.07 bits per heavy atom. The maximum absolute atomic E-state index is 10.2. The van der Waals surface area contributed by atoms with E-state index in [2.05, 4.69) is 0 Å². The molecule has 4 heteroatoms. The van der Waals surface area contributed by atoms with Crippen LogP contribution in [0.25, 0.3) is 0 Å². The second-order valence-electron chi connectivity index (χ2n) is 2.84. The SMILES string of the molecule is NCCN(Cc1ccccc1)OC=O. The third-order valence-corrected chi connectivity index (χ3v) is 1.77. The molecule has 0 radical (unpaired) electrons. The van der Waals surface area contributed by atoms with E-state index in [-0.39, 0.29) is 0 Å². The molecule has 1 aromatic rings. The van der Waals surface area contributed by atoms with E-state index in [9.17, 15) is 4.79 Å². The molecule has 0 fully saturated rings. The van der Waals surface area contributed by atoms with Crippen molar-refractivity contribution in [3.05, 3.63) is 35.9 Å². The van der Waals surface area contributed by atoms with Gasteiger partial charge in [-0.2, -0.15) is 0 Å². The van der Waals surface area contributed by atoms with E-state index >= 15 is 0 Å². The third kappa shape index (κ3) is 3.55. The second kappa shape index (κ2) is 6.12. The minimum Gasteiger partial charge on any atom is -0.370 e. The lowest BCUT2D eigenvalue weighted by molar-refractivity contribution is -0.176. The maximum atomic E-state index is 10.2. The Kier molecular flexibility index (Phi) is 4.68. The normalized spacial score (nSPS) is 10.1. The van der Waals surface area contributed by atoms with Gasteiger partial charge in [0.05, 0.1) is 6.54 Å². The average molecular weight is 194 g/mol. The molecule has 76 valence electrons. The first-order valence-corrected chi connectivity index (χ1v) is 4.46. The lowest BCUT2D eigenvalue weighted by Gasteiger charge is -2.17. The molecule has 0 aromatic heterocycles. The van der Waals surface area contributed by atoms with Gasteiger partial charge in [0.25, 0.3) is 0 Å². The van der Waals surface area contributed by atoms with Gasteiger partial charge in [0.2, 0.25) is 0 Å². The van der Waals surface area contributed by atoms with E-state index in [0.29, 0.717) is 26.1 Å². The van der Waals surface area contributed by atoms with Crippen molar-refractivity contribution in [1.82, 2.24) is 5.06 Å². The van der Waals surface area contributed by atoms with Crippen LogP contribution in [0.3, 0.4) is 0 Å². The number of rotatable bonds is 6. The van der Waals surface area contributed by atoms with Gasteiger partial charge in [0, 0.05) is 13.1 Å². The van der Waals surface area contributed by atoms with E-state index in [1.165, 1.54) is 5.06 Å². The molecule has 0 saturated carbocycles. The van der Waals surface area contributed by atoms with Crippen molar-refractivity contribution < 1.29 is 9.63 Å². The lowest BCUT2D eigenvalue weighted by atomic mass is 10.2. The van der Waals surface area contributed by atoms with Crippen LogP contribution in [0.5, 0.6) is 0 Å². The number of hydrogen-bond acceptors (Lipinski definition) is 4. The number of nitrogens with two attached hydrogens (primary N) is 1. The van der Waals surface area contributed by atoms with E-state index in [0.717, 1.165) is 5.56 Å². The third-order valence-electron chi connectivity index (χ3n) is 1.77. The molecule has 4 nitrogen and oxygen atoms in total. The number of nitrogens with zero attached hydrogens (tertiary/aromatic N) is 1. The Bertz CT molecular complexity index is 264. The first-order valence-electron chi connectivity index (χ1n) is 4.46. The quantitative estimate of drug-likeness (QED) is 0.530. The molecular weight excluding hydrogens is 180 g/mol. The summed E-state index contributed by atoms with van der Waals surface area (Å²) in [5.74, 6) is 0. The number of carbonyl (C=O) groups excluding carboxylic acids is 1. The summed E-state index contributed by atoms with van der Waals surface area (Å²) in [6, 6.07) is 9.76. The van der Waals surface area contributed by atoms with Gasteiger partial charge in [-0.15, -0.1) is 5.06 Å². The Morgan fingerprint density at radius 3 is 2.64 bits per heavy atom. The van der Waals surface area contributed by atoms with Crippen molar-refractivity contribution in [3.8, 4) is 0 Å². The maximum Gasteiger partial charge on any atom is 0.313 e. The highest BCUT2D eigenvalue weighted by Gasteiger charge is 2.04. The molecule has 2 N–H and O–H groups in total. The van der Waals surface area contributed by atoms with Crippen LogP contribution in [-0.4, -0.2) is 24.6 Å². The molecule has 0 aliphatic carbocycles. The zero-order chi connectivity index (χ0) is 10.2. The smallest absolute Gasteiger partial charge is 0.313 e. The predicted octanol–water partition coefficient (Wildman–Crippen LogP) is 0.535. The molecule has 1 rings (SSSR count). The highest BCUT2D eigenvalue weighted by molar-refractivity contribution is 5.36. The van der Waals surface area contributed by atoms with Gasteiger partial charge in [-0.1, -0.05) is 30.3 Å². The van der Waals surface area contributed by atoms with Crippen molar-refractivity contribution in [2.45, 2.75) is 6.54 Å². The summed E-state index contributed by atoms with van der Waals surface area (Å²) >= 11 is 0. The van der Waals surface area contributed by atoms with E-state index < -0.39 is 0 Å². The molecule has 0 amide bonds. The average Bonchev–Trinajstić information content (AvgIpc) is 2.20. The minimum atomic E-state index is 0.415. The Labute approximate surface area is 83.2 Å². The molecule has 0 bridgehead atoms. The van der Waals surface area contributed by atoms with Crippen molar-refractivity contribution in [2.24, 2.45) is 5.73 Å². The first-order chi connectivity index (χ1) is 6.86. The highest BCUT2D eigenvalue weighted by atomic mass is 16.7. The van der Waals surface area contributed by atoms with Crippen LogP contribution in [0.15, 0.2) is 30.3 Å². The molecular formula is C10H14N2O2. The van der Waals surface area contributed by atoms with Crippen LogP contribution in [0.1, 0.15) is 5.56 Å². The van der Waals surface area contributed by atoms with E-state index in [1.54, 1.807) is 0 Å². The zero-order valence-corrected chi connectivity index (χ0v) is 7.93. The minimum absolute atomic E-state index is 0.415. The van der Waals surface area contributed by atoms with Gasteiger partial charge < -0.3 is 10.6 Å². The summed E-state index contributed by atoms with van der Waals surface area (Å²) in [6.45, 7) is 1.98. The second-order valence-corrected chi connectivity index (χ2v) is 2.84. The van der Waals surface area contributed by atoms with Gasteiger partial charge >= 0.3 is 6.47 Å². The monoisotopic (exact) mass is 194 g/mol. The molecule has 1 aromatic carbocycles. The van der Waals surface area contributed by atoms with Gasteiger partial charge in [-0.3, -0.25) is 4.79 Å². The van der Waals surface area contributed by atoms with E-state index in [4.69, 9.17) is 10.6 Å². The molecule has 0 unspecified atom stereocenters. The molecule has 0 aliphatic heterocycles. The van der Waals surface area contributed by atoms with Crippen LogP contribution in [-0.2, 0) is 16.2 Å². The fourth-order valence-corrected chi connectivity index (χ4v) is 1.16. The number of carbonyl (C=O) groups is 1. The van der Waals surface area contributed by atoms with Crippen LogP contribution in [0, 0.1) is 0 Å².